The molecule has 0 aromatic heterocycles. The van der Waals surface area contributed by atoms with Crippen LogP contribution in [0.5, 0.6) is 0 Å². The Bertz CT molecular complexity index is 118. The third kappa shape index (κ3) is 1.71. The van der Waals surface area contributed by atoms with E-state index in [0.717, 1.165) is 11.5 Å². The molecule has 0 aromatic rings. The predicted octanol–water partition coefficient (Wildman–Crippen LogP) is 3.38. The number of hydrogen-bond acceptors (Lipinski definition) is 2. The van der Waals surface area contributed by atoms with Gasteiger partial charge in [0.25, 0.3) is 0 Å². The van der Waals surface area contributed by atoms with Gasteiger partial charge in [-0.25, -0.2) is 0 Å². The number of hydrogen-bond donors (Lipinski definition) is 0. The molecular formula is C6H10Cl2S2. The van der Waals surface area contributed by atoms with E-state index >= 15 is 0 Å². The monoisotopic (exact) mass is 216 g/mol. The van der Waals surface area contributed by atoms with E-state index in [1.165, 1.54) is 0 Å². The van der Waals surface area contributed by atoms with Gasteiger partial charge in [0, 0.05) is 11.5 Å². The van der Waals surface area contributed by atoms with Crippen molar-refractivity contribution >= 4 is 46.7 Å². The molecule has 60 valence electrons. The van der Waals surface area contributed by atoms with Crippen molar-refractivity contribution in [3.05, 3.63) is 0 Å². The van der Waals surface area contributed by atoms with Gasteiger partial charge in [-0.1, -0.05) is 0 Å². The van der Waals surface area contributed by atoms with Gasteiger partial charge in [-0.05, 0) is 13.8 Å². The first kappa shape index (κ1) is 9.37. The van der Waals surface area contributed by atoms with Crippen LogP contribution in [0.2, 0.25) is 0 Å². The zero-order chi connectivity index (χ0) is 7.83. The summed E-state index contributed by atoms with van der Waals surface area (Å²) in [5.74, 6) is 2.21. The molecule has 10 heavy (non-hydrogen) atoms. The summed E-state index contributed by atoms with van der Waals surface area (Å²) in [5.41, 5.74) is 0. The fourth-order valence-corrected chi connectivity index (χ4v) is 3.82. The Kier molecular flexibility index (Phi) is 2.78. The number of thioether (sulfide) groups is 2. The van der Waals surface area contributed by atoms with Gasteiger partial charge in [-0.2, -0.15) is 0 Å². The molecule has 0 saturated carbocycles. The van der Waals surface area contributed by atoms with Crippen LogP contribution in [0.3, 0.4) is 0 Å². The van der Waals surface area contributed by atoms with Gasteiger partial charge in [0.2, 0.25) is 0 Å². The molecule has 0 spiro atoms. The fraction of sp³-hybridized carbons (Fsp3) is 1.00. The minimum Gasteiger partial charge on any atom is -0.136 e. The Hall–Kier alpha value is 1.28. The topological polar surface area (TPSA) is 0 Å². The Morgan fingerprint density at radius 2 is 1.30 bits per heavy atom. The lowest BCUT2D eigenvalue weighted by atomic mass is 10.3. The molecule has 0 radical (unpaired) electrons. The Labute approximate surface area is 80.4 Å². The number of alkyl halides is 2. The summed E-state index contributed by atoms with van der Waals surface area (Å²) in [6.45, 7) is 3.97. The maximum atomic E-state index is 6.17. The molecule has 2 unspecified atom stereocenters. The molecule has 1 heterocycles. The smallest absolute Gasteiger partial charge is 0.115 e. The van der Waals surface area contributed by atoms with Crippen molar-refractivity contribution in [2.24, 2.45) is 0 Å². The molecule has 0 amide bonds. The second-order valence-corrected chi connectivity index (χ2v) is 7.52. The average molecular weight is 217 g/mol. The molecule has 1 rings (SSSR count). The Morgan fingerprint density at radius 3 is 1.50 bits per heavy atom. The molecule has 0 bridgehead atoms. The third-order valence-electron chi connectivity index (χ3n) is 1.63. The summed E-state index contributed by atoms with van der Waals surface area (Å²) in [6, 6.07) is 0. The maximum absolute atomic E-state index is 6.17. The van der Waals surface area contributed by atoms with Crippen LogP contribution in [0.15, 0.2) is 0 Å². The second kappa shape index (κ2) is 2.96. The molecular weight excluding hydrogens is 207 g/mol. The SMILES string of the molecule is CC1(Cl)SCCSC1(C)Cl. The lowest BCUT2D eigenvalue weighted by Gasteiger charge is -2.39. The molecule has 0 aliphatic carbocycles. The van der Waals surface area contributed by atoms with Crippen LogP contribution in [-0.4, -0.2) is 19.9 Å². The van der Waals surface area contributed by atoms with Gasteiger partial charge < -0.3 is 0 Å². The number of rotatable bonds is 0. The maximum Gasteiger partial charge on any atom is 0.115 e. The molecule has 1 aliphatic heterocycles. The minimum atomic E-state index is -0.308. The normalized spacial score (nSPS) is 49.2. The van der Waals surface area contributed by atoms with E-state index in [0.29, 0.717) is 0 Å². The number of halogens is 2. The van der Waals surface area contributed by atoms with Gasteiger partial charge >= 0.3 is 0 Å². The van der Waals surface area contributed by atoms with Crippen LogP contribution in [-0.2, 0) is 0 Å². The fourth-order valence-electron chi connectivity index (χ4n) is 0.724. The molecule has 0 nitrogen and oxygen atoms in total. The summed E-state index contributed by atoms with van der Waals surface area (Å²) in [5, 5.41) is 0. The van der Waals surface area contributed by atoms with E-state index in [1.54, 1.807) is 23.5 Å². The van der Waals surface area contributed by atoms with E-state index < -0.39 is 0 Å². The van der Waals surface area contributed by atoms with E-state index in [1.807, 2.05) is 13.8 Å². The molecule has 0 N–H and O–H groups in total. The van der Waals surface area contributed by atoms with Crippen LogP contribution < -0.4 is 0 Å². The lowest BCUT2D eigenvalue weighted by molar-refractivity contribution is 0.781. The van der Waals surface area contributed by atoms with E-state index in [9.17, 15) is 0 Å². The lowest BCUT2D eigenvalue weighted by Crippen LogP contribution is -2.38. The van der Waals surface area contributed by atoms with Crippen LogP contribution in [0.25, 0.3) is 0 Å². The van der Waals surface area contributed by atoms with Gasteiger partial charge in [-0.15, -0.1) is 46.7 Å². The van der Waals surface area contributed by atoms with Crippen LogP contribution >= 0.6 is 46.7 Å². The van der Waals surface area contributed by atoms with Crippen molar-refractivity contribution in [2.45, 2.75) is 22.3 Å². The standard InChI is InChI=1S/C6H10Cl2S2/c1-5(7)6(2,8)10-4-3-9-5/h3-4H2,1-2H3. The highest BCUT2D eigenvalue weighted by Crippen LogP contribution is 2.53. The van der Waals surface area contributed by atoms with Crippen molar-refractivity contribution in [1.82, 2.24) is 0 Å². The zero-order valence-corrected chi connectivity index (χ0v) is 9.13. The van der Waals surface area contributed by atoms with E-state index in [4.69, 9.17) is 23.2 Å². The summed E-state index contributed by atoms with van der Waals surface area (Å²) in [6.07, 6.45) is 0. The average Bonchev–Trinajstić information content (AvgIpc) is 1.77. The van der Waals surface area contributed by atoms with Gasteiger partial charge in [0.05, 0.1) is 0 Å². The van der Waals surface area contributed by atoms with E-state index in [2.05, 4.69) is 0 Å². The van der Waals surface area contributed by atoms with E-state index in [-0.39, 0.29) is 8.41 Å². The third-order valence-corrected chi connectivity index (χ3v) is 6.46. The molecule has 1 fully saturated rings. The molecule has 4 heteroatoms. The van der Waals surface area contributed by atoms with Crippen molar-refractivity contribution in [3.63, 3.8) is 0 Å². The highest BCUT2D eigenvalue weighted by atomic mass is 35.5. The van der Waals surface area contributed by atoms with Crippen molar-refractivity contribution in [2.75, 3.05) is 11.5 Å². The Morgan fingerprint density at radius 1 is 1.00 bits per heavy atom. The first-order valence-corrected chi connectivity index (χ1v) is 5.84. The quantitative estimate of drug-likeness (QED) is 0.570. The van der Waals surface area contributed by atoms with Gasteiger partial charge in [0.15, 0.2) is 0 Å². The van der Waals surface area contributed by atoms with Crippen molar-refractivity contribution in [3.8, 4) is 0 Å². The van der Waals surface area contributed by atoms with Crippen LogP contribution in [0.1, 0.15) is 13.8 Å². The van der Waals surface area contributed by atoms with Crippen molar-refractivity contribution in [1.29, 1.82) is 0 Å². The molecule has 1 saturated heterocycles. The van der Waals surface area contributed by atoms with Crippen molar-refractivity contribution < 1.29 is 0 Å². The predicted molar refractivity (Wildman–Crippen MR) is 53.4 cm³/mol. The summed E-state index contributed by atoms with van der Waals surface area (Å²) < 4.78 is -0.616. The first-order chi connectivity index (χ1) is 4.46. The molecule has 2 atom stereocenters. The Balaban J connectivity index is 2.70. The van der Waals surface area contributed by atoms with Crippen LogP contribution in [0.4, 0.5) is 0 Å². The van der Waals surface area contributed by atoms with Gasteiger partial charge in [0.1, 0.15) is 8.41 Å². The first-order valence-electron chi connectivity index (χ1n) is 3.11. The largest absolute Gasteiger partial charge is 0.136 e. The molecule has 0 aromatic carbocycles. The van der Waals surface area contributed by atoms with Crippen LogP contribution in [0, 0.1) is 0 Å². The second-order valence-electron chi connectivity index (χ2n) is 2.53. The molecule has 1 aliphatic rings. The highest BCUT2D eigenvalue weighted by molar-refractivity contribution is 8.09. The highest BCUT2D eigenvalue weighted by Gasteiger charge is 2.45. The summed E-state index contributed by atoms with van der Waals surface area (Å²) in [4.78, 5) is 0. The van der Waals surface area contributed by atoms with Gasteiger partial charge in [-0.3, -0.25) is 0 Å². The zero-order valence-electron chi connectivity index (χ0n) is 5.99. The summed E-state index contributed by atoms with van der Waals surface area (Å²) >= 11 is 15.8. The minimum absolute atomic E-state index is 0.308. The summed E-state index contributed by atoms with van der Waals surface area (Å²) in [7, 11) is 0.